The SMILES string of the molecule is COc1cc(CNCCC(F)(F)F)cc([N+](=O)[O-])c1. The highest BCUT2D eigenvalue weighted by Gasteiger charge is 2.25. The van der Waals surface area contributed by atoms with Crippen molar-refractivity contribution in [1.82, 2.24) is 5.32 Å². The number of methoxy groups -OCH3 is 1. The van der Waals surface area contributed by atoms with Crippen LogP contribution in [0.15, 0.2) is 18.2 Å². The number of hydrogen-bond acceptors (Lipinski definition) is 4. The normalized spacial score (nSPS) is 11.4. The van der Waals surface area contributed by atoms with Crippen LogP contribution < -0.4 is 10.1 Å². The van der Waals surface area contributed by atoms with Crippen molar-refractivity contribution < 1.29 is 22.8 Å². The summed E-state index contributed by atoms with van der Waals surface area (Å²) in [6.45, 7) is -0.136. The molecular weight excluding hydrogens is 265 g/mol. The smallest absolute Gasteiger partial charge is 0.390 e. The van der Waals surface area contributed by atoms with E-state index in [0.29, 0.717) is 11.3 Å². The Balaban J connectivity index is 2.62. The van der Waals surface area contributed by atoms with Crippen molar-refractivity contribution >= 4 is 5.69 Å². The number of hydrogen-bond donors (Lipinski definition) is 1. The van der Waals surface area contributed by atoms with Crippen molar-refractivity contribution in [1.29, 1.82) is 0 Å². The lowest BCUT2D eigenvalue weighted by molar-refractivity contribution is -0.385. The topological polar surface area (TPSA) is 64.4 Å². The minimum absolute atomic E-state index is 0.105. The first-order valence-corrected chi connectivity index (χ1v) is 5.41. The van der Waals surface area contributed by atoms with Gasteiger partial charge in [-0.2, -0.15) is 13.2 Å². The summed E-state index contributed by atoms with van der Waals surface area (Å²) in [4.78, 5) is 10.1. The fraction of sp³-hybridized carbons (Fsp3) is 0.455. The van der Waals surface area contributed by atoms with Crippen molar-refractivity contribution in [2.45, 2.75) is 19.1 Å². The Kier molecular flexibility index (Phi) is 5.11. The van der Waals surface area contributed by atoms with Gasteiger partial charge in [0, 0.05) is 19.2 Å². The summed E-state index contributed by atoms with van der Waals surface area (Å²) in [5, 5.41) is 13.2. The van der Waals surface area contributed by atoms with Gasteiger partial charge in [-0.25, -0.2) is 0 Å². The largest absolute Gasteiger partial charge is 0.496 e. The summed E-state index contributed by atoms with van der Waals surface area (Å²) in [5.74, 6) is 0.293. The molecule has 0 atom stereocenters. The van der Waals surface area contributed by atoms with E-state index in [0.717, 1.165) is 0 Å². The van der Waals surface area contributed by atoms with Gasteiger partial charge < -0.3 is 10.1 Å². The lowest BCUT2D eigenvalue weighted by Gasteiger charge is -2.08. The molecule has 0 radical (unpaired) electrons. The molecule has 0 aliphatic carbocycles. The van der Waals surface area contributed by atoms with E-state index in [1.807, 2.05) is 0 Å². The molecule has 0 fully saturated rings. The van der Waals surface area contributed by atoms with Crippen molar-refractivity contribution in [2.24, 2.45) is 0 Å². The van der Waals surface area contributed by atoms with Gasteiger partial charge in [-0.05, 0) is 11.6 Å². The summed E-state index contributed by atoms with van der Waals surface area (Å²) in [6, 6.07) is 4.08. The van der Waals surface area contributed by atoms with Crippen LogP contribution in [-0.4, -0.2) is 24.8 Å². The second-order valence-corrected chi connectivity index (χ2v) is 3.84. The predicted octanol–water partition coefficient (Wildman–Crippen LogP) is 2.65. The molecule has 0 aliphatic heterocycles. The van der Waals surface area contributed by atoms with Crippen molar-refractivity contribution in [3.05, 3.63) is 33.9 Å². The first-order valence-electron chi connectivity index (χ1n) is 5.41. The Labute approximate surface area is 107 Å². The number of nitro groups is 1. The second kappa shape index (κ2) is 6.37. The van der Waals surface area contributed by atoms with Crippen molar-refractivity contribution in [2.75, 3.05) is 13.7 Å². The highest BCUT2D eigenvalue weighted by atomic mass is 19.4. The number of benzene rings is 1. The molecule has 0 saturated carbocycles. The number of alkyl halides is 3. The molecule has 1 rings (SSSR count). The number of nitro benzene ring substituents is 1. The lowest BCUT2D eigenvalue weighted by Crippen LogP contribution is -2.21. The Hall–Kier alpha value is -1.83. The van der Waals surface area contributed by atoms with E-state index in [-0.39, 0.29) is 18.8 Å². The van der Waals surface area contributed by atoms with Crippen LogP contribution >= 0.6 is 0 Å². The van der Waals surface area contributed by atoms with Crippen LogP contribution in [0.4, 0.5) is 18.9 Å². The van der Waals surface area contributed by atoms with E-state index in [1.54, 1.807) is 0 Å². The molecule has 0 aliphatic rings. The first-order chi connectivity index (χ1) is 8.81. The van der Waals surface area contributed by atoms with E-state index in [4.69, 9.17) is 4.74 Å². The van der Waals surface area contributed by atoms with Crippen LogP contribution in [0.3, 0.4) is 0 Å². The molecule has 0 amide bonds. The first kappa shape index (κ1) is 15.2. The molecule has 5 nitrogen and oxygen atoms in total. The fourth-order valence-electron chi connectivity index (χ4n) is 1.43. The number of halogens is 3. The van der Waals surface area contributed by atoms with Gasteiger partial charge in [0.25, 0.3) is 5.69 Å². The summed E-state index contributed by atoms with van der Waals surface area (Å²) < 4.78 is 40.7. The van der Waals surface area contributed by atoms with E-state index in [1.165, 1.54) is 25.3 Å². The van der Waals surface area contributed by atoms with Crippen LogP contribution in [0.1, 0.15) is 12.0 Å². The molecule has 0 saturated heterocycles. The number of rotatable bonds is 6. The van der Waals surface area contributed by atoms with Gasteiger partial charge >= 0.3 is 6.18 Å². The van der Waals surface area contributed by atoms with Gasteiger partial charge in [0.15, 0.2) is 0 Å². The van der Waals surface area contributed by atoms with Gasteiger partial charge in [-0.15, -0.1) is 0 Å². The second-order valence-electron chi connectivity index (χ2n) is 3.84. The third kappa shape index (κ3) is 5.56. The monoisotopic (exact) mass is 278 g/mol. The van der Waals surface area contributed by atoms with Crippen LogP contribution in [0.25, 0.3) is 0 Å². The summed E-state index contributed by atoms with van der Waals surface area (Å²) >= 11 is 0. The molecule has 0 spiro atoms. The van der Waals surface area contributed by atoms with Crippen molar-refractivity contribution in [3.63, 3.8) is 0 Å². The number of ether oxygens (including phenoxy) is 1. The van der Waals surface area contributed by atoms with E-state index >= 15 is 0 Å². The van der Waals surface area contributed by atoms with E-state index in [2.05, 4.69) is 5.32 Å². The lowest BCUT2D eigenvalue weighted by atomic mass is 10.2. The zero-order chi connectivity index (χ0) is 14.5. The maximum Gasteiger partial charge on any atom is 0.390 e. The fourth-order valence-corrected chi connectivity index (χ4v) is 1.43. The van der Waals surface area contributed by atoms with Gasteiger partial charge in [-0.1, -0.05) is 0 Å². The molecule has 1 N–H and O–H groups in total. The number of nitrogens with one attached hydrogen (secondary N) is 1. The standard InChI is InChI=1S/C11H13F3N2O3/c1-19-10-5-8(4-9(6-10)16(17)18)7-15-3-2-11(12,13)14/h4-6,15H,2-3,7H2,1H3. The zero-order valence-electron chi connectivity index (χ0n) is 10.2. The molecule has 0 heterocycles. The molecule has 1 aromatic carbocycles. The minimum atomic E-state index is -4.21. The molecule has 8 heteroatoms. The Morgan fingerprint density at radius 3 is 2.58 bits per heavy atom. The average molecular weight is 278 g/mol. The maximum absolute atomic E-state index is 11.9. The molecule has 19 heavy (non-hydrogen) atoms. The summed E-state index contributed by atoms with van der Waals surface area (Å²) in [7, 11) is 1.36. The molecule has 0 aromatic heterocycles. The van der Waals surface area contributed by atoms with Crippen molar-refractivity contribution in [3.8, 4) is 5.75 Å². The Morgan fingerprint density at radius 2 is 2.05 bits per heavy atom. The summed E-state index contributed by atoms with van der Waals surface area (Å²) in [6.07, 6.45) is -5.16. The van der Waals surface area contributed by atoms with Crippen LogP contribution in [-0.2, 0) is 6.54 Å². The highest BCUT2D eigenvalue weighted by Crippen LogP contribution is 2.22. The van der Waals surface area contributed by atoms with Crippen LogP contribution in [0, 0.1) is 10.1 Å². The maximum atomic E-state index is 11.9. The minimum Gasteiger partial charge on any atom is -0.496 e. The van der Waals surface area contributed by atoms with Gasteiger partial charge in [0.05, 0.1) is 24.5 Å². The van der Waals surface area contributed by atoms with Gasteiger partial charge in [-0.3, -0.25) is 10.1 Å². The van der Waals surface area contributed by atoms with Crippen LogP contribution in [0.5, 0.6) is 5.75 Å². The van der Waals surface area contributed by atoms with Gasteiger partial charge in [0.1, 0.15) is 5.75 Å². The third-order valence-corrected chi connectivity index (χ3v) is 2.31. The molecule has 106 valence electrons. The molecule has 0 bridgehead atoms. The highest BCUT2D eigenvalue weighted by molar-refractivity contribution is 5.42. The van der Waals surface area contributed by atoms with Gasteiger partial charge in [0.2, 0.25) is 0 Å². The quantitative estimate of drug-likeness (QED) is 0.493. The van der Waals surface area contributed by atoms with Crippen LogP contribution in [0.2, 0.25) is 0 Å². The molecular formula is C11H13F3N2O3. The zero-order valence-corrected chi connectivity index (χ0v) is 10.2. The average Bonchev–Trinajstić information content (AvgIpc) is 2.33. The molecule has 1 aromatic rings. The number of nitrogens with zero attached hydrogens (tertiary/aromatic N) is 1. The van der Waals surface area contributed by atoms with E-state index < -0.39 is 17.5 Å². The number of non-ortho nitro benzene ring substituents is 1. The third-order valence-electron chi connectivity index (χ3n) is 2.31. The Morgan fingerprint density at radius 1 is 1.37 bits per heavy atom. The van der Waals surface area contributed by atoms with E-state index in [9.17, 15) is 23.3 Å². The predicted molar refractivity (Wildman–Crippen MR) is 62.0 cm³/mol. The summed E-state index contributed by atoms with van der Waals surface area (Å²) in [5.41, 5.74) is 0.334. The molecule has 0 unspecified atom stereocenters. The Bertz CT molecular complexity index is 449.